The van der Waals surface area contributed by atoms with Crippen molar-refractivity contribution in [2.24, 2.45) is 0 Å². The molecule has 11 heteroatoms. The number of alkyl halides is 1. The SMILES string of the molecule is COc1ncnc2c1cnn2[C@@H]1O[C@H](COC(=O)c2ccccc2)[C@@H](OC(=O)c2ccccc2)[C@@H]1F. The van der Waals surface area contributed by atoms with Crippen LogP contribution in [0.3, 0.4) is 0 Å². The van der Waals surface area contributed by atoms with Crippen LogP contribution in [-0.2, 0) is 14.2 Å². The van der Waals surface area contributed by atoms with E-state index >= 15 is 4.39 Å². The number of carbonyl (C=O) groups excluding carboxylic acids is 2. The minimum Gasteiger partial charge on any atom is -0.480 e. The van der Waals surface area contributed by atoms with E-state index in [9.17, 15) is 9.59 Å². The van der Waals surface area contributed by atoms with Crippen molar-refractivity contribution in [3.63, 3.8) is 0 Å². The van der Waals surface area contributed by atoms with Gasteiger partial charge < -0.3 is 18.9 Å². The van der Waals surface area contributed by atoms with Gasteiger partial charge in [0.05, 0.1) is 24.4 Å². The lowest BCUT2D eigenvalue weighted by Crippen LogP contribution is -2.37. The molecule has 0 saturated carbocycles. The molecule has 4 aromatic rings. The number of fused-ring (bicyclic) bond motifs is 1. The van der Waals surface area contributed by atoms with Gasteiger partial charge in [0.15, 0.2) is 24.2 Å². The zero-order chi connectivity index (χ0) is 25.1. The highest BCUT2D eigenvalue weighted by Crippen LogP contribution is 2.36. The number of aromatic nitrogens is 4. The van der Waals surface area contributed by atoms with Gasteiger partial charge in [-0.25, -0.2) is 28.6 Å². The minimum atomic E-state index is -1.85. The molecule has 10 nitrogen and oxygen atoms in total. The van der Waals surface area contributed by atoms with Crippen molar-refractivity contribution >= 4 is 23.0 Å². The monoisotopic (exact) mass is 492 g/mol. The summed E-state index contributed by atoms with van der Waals surface area (Å²) in [5, 5.41) is 4.66. The predicted octanol–water partition coefficient (Wildman–Crippen LogP) is 3.15. The molecule has 1 aliphatic heterocycles. The topological polar surface area (TPSA) is 115 Å². The highest BCUT2D eigenvalue weighted by molar-refractivity contribution is 5.90. The highest BCUT2D eigenvalue weighted by Gasteiger charge is 2.50. The average molecular weight is 492 g/mol. The fourth-order valence-corrected chi connectivity index (χ4v) is 3.94. The molecule has 0 amide bonds. The molecule has 1 saturated heterocycles. The molecule has 4 atom stereocenters. The van der Waals surface area contributed by atoms with Crippen LogP contribution in [0.2, 0.25) is 0 Å². The number of benzene rings is 2. The van der Waals surface area contributed by atoms with Gasteiger partial charge >= 0.3 is 11.9 Å². The molecule has 3 heterocycles. The van der Waals surface area contributed by atoms with E-state index in [1.54, 1.807) is 60.7 Å². The van der Waals surface area contributed by atoms with Gasteiger partial charge in [-0.1, -0.05) is 36.4 Å². The van der Waals surface area contributed by atoms with Crippen LogP contribution >= 0.6 is 0 Å². The summed E-state index contributed by atoms with van der Waals surface area (Å²) >= 11 is 0. The van der Waals surface area contributed by atoms with E-state index in [4.69, 9.17) is 18.9 Å². The smallest absolute Gasteiger partial charge is 0.338 e. The van der Waals surface area contributed by atoms with Crippen LogP contribution in [0, 0.1) is 0 Å². The number of carbonyl (C=O) groups is 2. The zero-order valence-corrected chi connectivity index (χ0v) is 19.1. The Bertz CT molecular complexity index is 1370. The van der Waals surface area contributed by atoms with Crippen molar-refractivity contribution in [3.05, 3.63) is 84.3 Å². The normalized spacial score (nSPS) is 21.3. The average Bonchev–Trinajstić information content (AvgIpc) is 3.49. The van der Waals surface area contributed by atoms with E-state index in [-0.39, 0.29) is 23.7 Å². The Labute approximate surface area is 204 Å². The third-order valence-electron chi connectivity index (χ3n) is 5.70. The second-order valence-electron chi connectivity index (χ2n) is 7.92. The summed E-state index contributed by atoms with van der Waals surface area (Å²) in [7, 11) is 1.44. The number of hydrogen-bond acceptors (Lipinski definition) is 9. The Morgan fingerprint density at radius 3 is 2.33 bits per heavy atom. The predicted molar refractivity (Wildman–Crippen MR) is 123 cm³/mol. The van der Waals surface area contributed by atoms with E-state index in [0.717, 1.165) is 0 Å². The molecule has 36 heavy (non-hydrogen) atoms. The van der Waals surface area contributed by atoms with Crippen LogP contribution in [0.25, 0.3) is 11.0 Å². The Balaban J connectivity index is 1.41. The Kier molecular flexibility index (Phi) is 6.54. The number of hydrogen-bond donors (Lipinski definition) is 0. The zero-order valence-electron chi connectivity index (χ0n) is 19.1. The van der Waals surface area contributed by atoms with E-state index in [1.807, 2.05) is 0 Å². The Morgan fingerprint density at radius 1 is 1.00 bits per heavy atom. The van der Waals surface area contributed by atoms with Crippen LogP contribution in [0.4, 0.5) is 4.39 Å². The van der Waals surface area contributed by atoms with Crippen molar-refractivity contribution in [2.75, 3.05) is 13.7 Å². The summed E-state index contributed by atoms with van der Waals surface area (Å²) in [5.74, 6) is -1.09. The second kappa shape index (κ2) is 10.1. The van der Waals surface area contributed by atoms with Gasteiger partial charge in [-0.15, -0.1) is 0 Å². The molecule has 184 valence electrons. The van der Waals surface area contributed by atoms with Gasteiger partial charge in [0, 0.05) is 0 Å². The molecule has 0 bridgehead atoms. The number of methoxy groups -OCH3 is 1. The standard InChI is InChI=1S/C25H21FN4O6/c1-33-22-17-12-29-30(21(17)27-14-28-22)23-19(26)20(36-25(32)16-10-6-3-7-11-16)18(35-23)13-34-24(31)15-8-4-2-5-9-15/h2-12,14,18-20,23H,13H2,1H3/t18-,19+,20-,23-/m1/s1. The number of esters is 2. The molecule has 0 radical (unpaired) electrons. The van der Waals surface area contributed by atoms with Crippen molar-refractivity contribution in [3.8, 4) is 5.88 Å². The summed E-state index contributed by atoms with van der Waals surface area (Å²) in [6.07, 6.45) is -2.95. The summed E-state index contributed by atoms with van der Waals surface area (Å²) < 4.78 is 39.1. The maximum absolute atomic E-state index is 15.8. The summed E-state index contributed by atoms with van der Waals surface area (Å²) in [6, 6.07) is 16.5. The number of ether oxygens (including phenoxy) is 4. The Morgan fingerprint density at radius 2 is 1.67 bits per heavy atom. The highest BCUT2D eigenvalue weighted by atomic mass is 19.1. The lowest BCUT2D eigenvalue weighted by Gasteiger charge is -2.19. The van der Waals surface area contributed by atoms with Crippen LogP contribution in [0.5, 0.6) is 5.88 Å². The van der Waals surface area contributed by atoms with Gasteiger partial charge in [-0.3, -0.25) is 0 Å². The third-order valence-corrected chi connectivity index (χ3v) is 5.70. The lowest BCUT2D eigenvalue weighted by atomic mass is 10.1. The first kappa shape index (κ1) is 23.4. The van der Waals surface area contributed by atoms with Crippen LogP contribution in [0.15, 0.2) is 73.2 Å². The first-order valence-electron chi connectivity index (χ1n) is 11.1. The summed E-state index contributed by atoms with van der Waals surface area (Å²) in [5.41, 5.74) is 0.836. The number of rotatable bonds is 7. The molecule has 0 spiro atoms. The van der Waals surface area contributed by atoms with E-state index in [1.165, 1.54) is 24.3 Å². The van der Waals surface area contributed by atoms with Gasteiger partial charge in [0.2, 0.25) is 5.88 Å². The van der Waals surface area contributed by atoms with Crippen molar-refractivity contribution in [1.82, 2.24) is 19.7 Å². The molecule has 0 aliphatic carbocycles. The van der Waals surface area contributed by atoms with Crippen LogP contribution in [-0.4, -0.2) is 63.8 Å². The van der Waals surface area contributed by atoms with Gasteiger partial charge in [-0.2, -0.15) is 5.10 Å². The van der Waals surface area contributed by atoms with Crippen molar-refractivity contribution in [2.45, 2.75) is 24.6 Å². The number of halogens is 1. The molecule has 2 aromatic carbocycles. The largest absolute Gasteiger partial charge is 0.480 e. The maximum Gasteiger partial charge on any atom is 0.338 e. The van der Waals surface area contributed by atoms with Crippen LogP contribution in [0.1, 0.15) is 26.9 Å². The van der Waals surface area contributed by atoms with Gasteiger partial charge in [0.1, 0.15) is 24.4 Å². The second-order valence-corrected chi connectivity index (χ2v) is 7.92. The molecular weight excluding hydrogens is 471 g/mol. The van der Waals surface area contributed by atoms with E-state index < -0.39 is 36.5 Å². The molecular formula is C25H21FN4O6. The van der Waals surface area contributed by atoms with Crippen LogP contribution < -0.4 is 4.74 Å². The summed E-state index contributed by atoms with van der Waals surface area (Å²) in [4.78, 5) is 33.4. The third kappa shape index (κ3) is 4.48. The molecule has 1 aliphatic rings. The first-order valence-corrected chi connectivity index (χ1v) is 11.1. The van der Waals surface area contributed by atoms with Crippen molar-refractivity contribution < 1.29 is 32.9 Å². The quantitative estimate of drug-likeness (QED) is 0.359. The molecule has 0 unspecified atom stereocenters. The molecule has 0 N–H and O–H groups in total. The molecule has 2 aromatic heterocycles. The van der Waals surface area contributed by atoms with Gasteiger partial charge in [-0.05, 0) is 24.3 Å². The fraction of sp³-hybridized carbons (Fsp3) is 0.240. The fourth-order valence-electron chi connectivity index (χ4n) is 3.94. The summed E-state index contributed by atoms with van der Waals surface area (Å²) in [6.45, 7) is -0.352. The van der Waals surface area contributed by atoms with Crippen molar-refractivity contribution in [1.29, 1.82) is 0 Å². The number of nitrogens with zero attached hydrogens (tertiary/aromatic N) is 4. The van der Waals surface area contributed by atoms with E-state index in [0.29, 0.717) is 10.9 Å². The molecule has 5 rings (SSSR count). The van der Waals surface area contributed by atoms with E-state index in [2.05, 4.69) is 15.1 Å². The van der Waals surface area contributed by atoms with Gasteiger partial charge in [0.25, 0.3) is 0 Å². The maximum atomic E-state index is 15.8. The Hall–Kier alpha value is -4.38. The first-order chi connectivity index (χ1) is 17.6. The minimum absolute atomic E-state index is 0.246. The lowest BCUT2D eigenvalue weighted by molar-refractivity contribution is -0.0601. The molecule has 1 fully saturated rings.